The van der Waals surface area contributed by atoms with E-state index in [1.807, 2.05) is 24.3 Å². The Bertz CT molecular complexity index is 338. The second-order valence-electron chi connectivity index (χ2n) is 4.21. The van der Waals surface area contributed by atoms with Crippen LogP contribution in [0, 0.1) is 0 Å². The van der Waals surface area contributed by atoms with Gasteiger partial charge in [0.2, 0.25) is 0 Å². The topological polar surface area (TPSA) is 56.5 Å². The maximum absolute atomic E-state index is 5.77. The summed E-state index contributed by atoms with van der Waals surface area (Å²) in [5.41, 5.74) is 6.45. The smallest absolute Gasteiger partial charge is 0.142 e. The molecule has 0 amide bonds. The first-order valence-electron chi connectivity index (χ1n) is 6.16. The van der Waals surface area contributed by atoms with Crippen LogP contribution in [0.25, 0.3) is 0 Å². The average molecular weight is 236 g/mol. The molecule has 4 nitrogen and oxygen atoms in total. The van der Waals surface area contributed by atoms with Crippen molar-refractivity contribution in [3.63, 3.8) is 0 Å². The lowest BCUT2D eigenvalue weighted by Crippen LogP contribution is -2.33. The van der Waals surface area contributed by atoms with Crippen molar-refractivity contribution in [1.82, 2.24) is 5.32 Å². The average Bonchev–Trinajstić information content (AvgIpc) is 2.38. The SMILES string of the molecule is Nc1ccccc1OCCOC1CCNCC1. The number of ether oxygens (including phenoxy) is 2. The molecule has 2 rings (SSSR count). The lowest BCUT2D eigenvalue weighted by Gasteiger charge is -2.22. The Labute approximate surface area is 102 Å². The highest BCUT2D eigenvalue weighted by Gasteiger charge is 2.12. The van der Waals surface area contributed by atoms with Crippen molar-refractivity contribution < 1.29 is 9.47 Å². The molecule has 0 atom stereocenters. The molecule has 3 N–H and O–H groups in total. The van der Waals surface area contributed by atoms with Gasteiger partial charge in [-0.15, -0.1) is 0 Å². The van der Waals surface area contributed by atoms with Crippen molar-refractivity contribution in [3.8, 4) is 5.75 Å². The molecule has 0 unspecified atom stereocenters. The Morgan fingerprint density at radius 3 is 2.71 bits per heavy atom. The number of para-hydroxylation sites is 2. The Hall–Kier alpha value is -1.26. The number of nitrogen functional groups attached to an aromatic ring is 1. The summed E-state index contributed by atoms with van der Waals surface area (Å²) in [6, 6.07) is 7.52. The number of hydrogen-bond acceptors (Lipinski definition) is 4. The monoisotopic (exact) mass is 236 g/mol. The van der Waals surface area contributed by atoms with Crippen LogP contribution >= 0.6 is 0 Å². The minimum absolute atomic E-state index is 0.382. The number of nitrogens with one attached hydrogen (secondary N) is 1. The van der Waals surface area contributed by atoms with Gasteiger partial charge in [0.15, 0.2) is 0 Å². The van der Waals surface area contributed by atoms with Gasteiger partial charge in [-0.25, -0.2) is 0 Å². The van der Waals surface area contributed by atoms with Gasteiger partial charge < -0.3 is 20.5 Å². The molecule has 1 fully saturated rings. The zero-order chi connectivity index (χ0) is 11.9. The van der Waals surface area contributed by atoms with Crippen LogP contribution in [0.15, 0.2) is 24.3 Å². The van der Waals surface area contributed by atoms with Crippen molar-refractivity contribution in [2.75, 3.05) is 32.0 Å². The molecular weight excluding hydrogens is 216 g/mol. The van der Waals surface area contributed by atoms with E-state index in [2.05, 4.69) is 5.32 Å². The van der Waals surface area contributed by atoms with Gasteiger partial charge in [0.05, 0.1) is 18.4 Å². The first-order valence-corrected chi connectivity index (χ1v) is 6.16. The molecule has 0 spiro atoms. The molecule has 4 heteroatoms. The van der Waals surface area contributed by atoms with Crippen LogP contribution in [0.1, 0.15) is 12.8 Å². The second-order valence-corrected chi connectivity index (χ2v) is 4.21. The van der Waals surface area contributed by atoms with E-state index in [0.717, 1.165) is 31.7 Å². The molecular formula is C13H20N2O2. The maximum Gasteiger partial charge on any atom is 0.142 e. The van der Waals surface area contributed by atoms with E-state index in [-0.39, 0.29) is 0 Å². The van der Waals surface area contributed by atoms with Crippen molar-refractivity contribution in [2.24, 2.45) is 0 Å². The highest BCUT2D eigenvalue weighted by Crippen LogP contribution is 2.19. The van der Waals surface area contributed by atoms with Crippen LogP contribution in [0.2, 0.25) is 0 Å². The zero-order valence-electron chi connectivity index (χ0n) is 10.0. The molecule has 0 saturated carbocycles. The fourth-order valence-corrected chi connectivity index (χ4v) is 1.94. The summed E-state index contributed by atoms with van der Waals surface area (Å²) in [4.78, 5) is 0. The van der Waals surface area contributed by atoms with Crippen molar-refractivity contribution in [3.05, 3.63) is 24.3 Å². The van der Waals surface area contributed by atoms with Crippen LogP contribution in [0.4, 0.5) is 5.69 Å². The van der Waals surface area contributed by atoms with E-state index in [4.69, 9.17) is 15.2 Å². The van der Waals surface area contributed by atoms with Crippen LogP contribution in [0.5, 0.6) is 5.75 Å². The molecule has 0 radical (unpaired) electrons. The third-order valence-corrected chi connectivity index (χ3v) is 2.90. The van der Waals surface area contributed by atoms with Crippen LogP contribution in [-0.4, -0.2) is 32.4 Å². The molecule has 1 heterocycles. The van der Waals surface area contributed by atoms with Crippen molar-refractivity contribution in [2.45, 2.75) is 18.9 Å². The standard InChI is InChI=1S/C13H20N2O2/c14-12-3-1-2-4-13(12)17-10-9-16-11-5-7-15-8-6-11/h1-4,11,15H,5-10,14H2. The summed E-state index contributed by atoms with van der Waals surface area (Å²) in [5, 5.41) is 3.31. The molecule has 1 aliphatic rings. The molecule has 0 aromatic heterocycles. The predicted molar refractivity (Wildman–Crippen MR) is 68.2 cm³/mol. The van der Waals surface area contributed by atoms with Crippen molar-refractivity contribution in [1.29, 1.82) is 0 Å². The van der Waals surface area contributed by atoms with E-state index in [0.29, 0.717) is 25.0 Å². The van der Waals surface area contributed by atoms with Gasteiger partial charge in [-0.05, 0) is 38.1 Å². The maximum atomic E-state index is 5.77. The molecule has 1 aromatic rings. The molecule has 94 valence electrons. The predicted octanol–water partition coefficient (Wildman–Crippen LogP) is 1.42. The first kappa shape index (κ1) is 12.2. The summed E-state index contributed by atoms with van der Waals surface area (Å²) in [6.45, 7) is 3.28. The summed E-state index contributed by atoms with van der Waals surface area (Å²) in [7, 11) is 0. The normalized spacial score (nSPS) is 16.9. The van der Waals surface area contributed by atoms with E-state index >= 15 is 0 Å². The second kappa shape index (κ2) is 6.47. The number of piperidine rings is 1. The molecule has 17 heavy (non-hydrogen) atoms. The Morgan fingerprint density at radius 1 is 1.18 bits per heavy atom. The van der Waals surface area contributed by atoms with E-state index < -0.39 is 0 Å². The quantitative estimate of drug-likeness (QED) is 0.599. The Morgan fingerprint density at radius 2 is 1.94 bits per heavy atom. The molecule has 0 bridgehead atoms. The fourth-order valence-electron chi connectivity index (χ4n) is 1.94. The molecule has 1 aromatic carbocycles. The van der Waals surface area contributed by atoms with Crippen LogP contribution < -0.4 is 15.8 Å². The van der Waals surface area contributed by atoms with E-state index in [9.17, 15) is 0 Å². The largest absolute Gasteiger partial charge is 0.489 e. The molecule has 1 saturated heterocycles. The lowest BCUT2D eigenvalue weighted by atomic mass is 10.1. The highest BCUT2D eigenvalue weighted by molar-refractivity contribution is 5.51. The number of rotatable bonds is 5. The third-order valence-electron chi connectivity index (χ3n) is 2.90. The minimum Gasteiger partial charge on any atom is -0.489 e. The molecule has 1 aliphatic heterocycles. The highest BCUT2D eigenvalue weighted by atomic mass is 16.5. The van der Waals surface area contributed by atoms with Gasteiger partial charge in [0.1, 0.15) is 12.4 Å². The first-order chi connectivity index (χ1) is 8.36. The van der Waals surface area contributed by atoms with E-state index in [1.54, 1.807) is 0 Å². The summed E-state index contributed by atoms with van der Waals surface area (Å²) in [6.07, 6.45) is 2.56. The van der Waals surface area contributed by atoms with Gasteiger partial charge in [-0.3, -0.25) is 0 Å². The van der Waals surface area contributed by atoms with Crippen molar-refractivity contribution >= 4 is 5.69 Å². The third kappa shape index (κ3) is 3.91. The summed E-state index contributed by atoms with van der Waals surface area (Å²) < 4.78 is 11.3. The Kier molecular flexibility index (Phi) is 4.64. The van der Waals surface area contributed by atoms with Crippen LogP contribution in [0.3, 0.4) is 0 Å². The molecule has 0 aliphatic carbocycles. The van der Waals surface area contributed by atoms with Gasteiger partial charge in [-0.2, -0.15) is 0 Å². The van der Waals surface area contributed by atoms with Gasteiger partial charge in [0, 0.05) is 0 Å². The lowest BCUT2D eigenvalue weighted by molar-refractivity contribution is 0.0169. The Balaban J connectivity index is 1.64. The summed E-state index contributed by atoms with van der Waals surface area (Å²) >= 11 is 0. The number of benzene rings is 1. The summed E-state index contributed by atoms with van der Waals surface area (Å²) in [5.74, 6) is 0.737. The van der Waals surface area contributed by atoms with Gasteiger partial charge in [0.25, 0.3) is 0 Å². The van der Waals surface area contributed by atoms with Crippen LogP contribution in [-0.2, 0) is 4.74 Å². The number of nitrogens with two attached hydrogens (primary N) is 1. The number of hydrogen-bond donors (Lipinski definition) is 2. The van der Waals surface area contributed by atoms with E-state index in [1.165, 1.54) is 0 Å². The zero-order valence-corrected chi connectivity index (χ0v) is 10.0. The van der Waals surface area contributed by atoms with Gasteiger partial charge in [-0.1, -0.05) is 12.1 Å². The fraction of sp³-hybridized carbons (Fsp3) is 0.538. The minimum atomic E-state index is 0.382. The number of anilines is 1. The van der Waals surface area contributed by atoms with Gasteiger partial charge >= 0.3 is 0 Å².